The predicted molar refractivity (Wildman–Crippen MR) is 104 cm³/mol. The Balaban J connectivity index is 1.65. The van der Waals surface area contributed by atoms with E-state index in [0.717, 1.165) is 25.7 Å². The molecule has 1 aliphatic carbocycles. The summed E-state index contributed by atoms with van der Waals surface area (Å²) in [4.78, 5) is 25.8. The quantitative estimate of drug-likeness (QED) is 0.756. The van der Waals surface area contributed by atoms with Crippen LogP contribution in [0.25, 0.3) is 0 Å². The van der Waals surface area contributed by atoms with Crippen LogP contribution in [-0.2, 0) is 15.0 Å². The van der Waals surface area contributed by atoms with Crippen LogP contribution in [0, 0.1) is 0 Å². The SMILES string of the molecule is COc1ccc(Cl)cc1NC(=O)C(=O)NCC1(c2cccs2)CCCC1. The molecule has 7 heteroatoms. The maximum atomic E-state index is 12.3. The lowest BCUT2D eigenvalue weighted by atomic mass is 9.84. The molecule has 0 saturated heterocycles. The number of ether oxygens (including phenoxy) is 1. The molecule has 0 bridgehead atoms. The van der Waals surface area contributed by atoms with Gasteiger partial charge in [0.1, 0.15) is 5.75 Å². The normalized spacial score (nSPS) is 15.5. The molecule has 1 saturated carbocycles. The lowest BCUT2D eigenvalue weighted by Gasteiger charge is -2.28. The van der Waals surface area contributed by atoms with Gasteiger partial charge in [0, 0.05) is 21.9 Å². The average molecular weight is 393 g/mol. The maximum Gasteiger partial charge on any atom is 0.313 e. The highest BCUT2D eigenvalue weighted by Gasteiger charge is 2.37. The first-order valence-electron chi connectivity index (χ1n) is 8.51. The zero-order valence-corrected chi connectivity index (χ0v) is 16.1. The van der Waals surface area contributed by atoms with Crippen LogP contribution in [0.1, 0.15) is 30.6 Å². The van der Waals surface area contributed by atoms with Crippen molar-refractivity contribution >= 4 is 40.4 Å². The van der Waals surface area contributed by atoms with E-state index in [9.17, 15) is 9.59 Å². The Morgan fingerprint density at radius 1 is 1.23 bits per heavy atom. The van der Waals surface area contributed by atoms with Crippen LogP contribution < -0.4 is 15.4 Å². The van der Waals surface area contributed by atoms with Gasteiger partial charge in [0.05, 0.1) is 12.8 Å². The zero-order chi connectivity index (χ0) is 18.6. The third-order valence-corrected chi connectivity index (χ3v) is 6.16. The topological polar surface area (TPSA) is 67.4 Å². The van der Waals surface area contributed by atoms with Gasteiger partial charge in [0.15, 0.2) is 0 Å². The fraction of sp³-hybridized carbons (Fsp3) is 0.368. The van der Waals surface area contributed by atoms with E-state index in [1.807, 2.05) is 6.07 Å². The van der Waals surface area contributed by atoms with Crippen LogP contribution in [0.3, 0.4) is 0 Å². The highest BCUT2D eigenvalue weighted by Crippen LogP contribution is 2.42. The molecule has 26 heavy (non-hydrogen) atoms. The molecule has 2 N–H and O–H groups in total. The Hall–Kier alpha value is -2.05. The summed E-state index contributed by atoms with van der Waals surface area (Å²) in [7, 11) is 1.49. The number of anilines is 1. The first-order valence-corrected chi connectivity index (χ1v) is 9.76. The van der Waals surface area contributed by atoms with E-state index < -0.39 is 11.8 Å². The number of methoxy groups -OCH3 is 1. The minimum absolute atomic E-state index is 0.0577. The number of carbonyl (C=O) groups is 2. The van der Waals surface area contributed by atoms with E-state index in [2.05, 4.69) is 22.1 Å². The van der Waals surface area contributed by atoms with Crippen molar-refractivity contribution in [1.82, 2.24) is 5.32 Å². The second kappa shape index (κ2) is 8.10. The minimum Gasteiger partial charge on any atom is -0.495 e. The van der Waals surface area contributed by atoms with E-state index in [1.165, 1.54) is 12.0 Å². The lowest BCUT2D eigenvalue weighted by Crippen LogP contribution is -2.43. The van der Waals surface area contributed by atoms with Gasteiger partial charge < -0.3 is 15.4 Å². The summed E-state index contributed by atoms with van der Waals surface area (Å²) in [6, 6.07) is 8.98. The molecule has 2 aromatic rings. The second-order valence-electron chi connectivity index (χ2n) is 6.45. The molecule has 0 unspecified atom stereocenters. The maximum absolute atomic E-state index is 12.3. The summed E-state index contributed by atoms with van der Waals surface area (Å²) < 4.78 is 5.18. The van der Waals surface area contributed by atoms with Crippen molar-refractivity contribution in [2.24, 2.45) is 0 Å². The summed E-state index contributed by atoms with van der Waals surface area (Å²) >= 11 is 7.66. The van der Waals surface area contributed by atoms with Gasteiger partial charge in [-0.1, -0.05) is 30.5 Å². The molecular weight excluding hydrogens is 372 g/mol. The van der Waals surface area contributed by atoms with E-state index in [0.29, 0.717) is 23.0 Å². The van der Waals surface area contributed by atoms with Crippen molar-refractivity contribution in [1.29, 1.82) is 0 Å². The van der Waals surface area contributed by atoms with Gasteiger partial charge in [-0.25, -0.2) is 0 Å². The van der Waals surface area contributed by atoms with Crippen molar-refractivity contribution in [3.63, 3.8) is 0 Å². The number of halogens is 1. The number of carbonyl (C=O) groups excluding carboxylic acids is 2. The second-order valence-corrected chi connectivity index (χ2v) is 7.83. The van der Waals surface area contributed by atoms with Gasteiger partial charge in [0.25, 0.3) is 0 Å². The minimum atomic E-state index is -0.732. The molecule has 1 heterocycles. The van der Waals surface area contributed by atoms with E-state index in [4.69, 9.17) is 16.3 Å². The molecule has 0 atom stereocenters. The smallest absolute Gasteiger partial charge is 0.313 e. The highest BCUT2D eigenvalue weighted by molar-refractivity contribution is 7.10. The van der Waals surface area contributed by atoms with Gasteiger partial charge in [-0.3, -0.25) is 9.59 Å². The van der Waals surface area contributed by atoms with E-state index >= 15 is 0 Å². The van der Waals surface area contributed by atoms with E-state index in [-0.39, 0.29) is 5.41 Å². The van der Waals surface area contributed by atoms with Crippen molar-refractivity contribution < 1.29 is 14.3 Å². The molecule has 1 aliphatic rings. The summed E-state index contributed by atoms with van der Waals surface area (Å²) in [5.74, 6) is -0.943. The Morgan fingerprint density at radius 3 is 2.65 bits per heavy atom. The highest BCUT2D eigenvalue weighted by atomic mass is 35.5. The molecule has 1 aromatic heterocycles. The van der Waals surface area contributed by atoms with Gasteiger partial charge in [-0.2, -0.15) is 0 Å². The first-order chi connectivity index (χ1) is 12.5. The lowest BCUT2D eigenvalue weighted by molar-refractivity contribution is -0.136. The average Bonchev–Trinajstić information content (AvgIpc) is 3.32. The monoisotopic (exact) mass is 392 g/mol. The Morgan fingerprint density at radius 2 is 2.00 bits per heavy atom. The Kier molecular flexibility index (Phi) is 5.84. The van der Waals surface area contributed by atoms with Crippen molar-refractivity contribution in [2.45, 2.75) is 31.1 Å². The summed E-state index contributed by atoms with van der Waals surface area (Å²) in [6.45, 7) is 0.465. The predicted octanol–water partition coefficient (Wildman–Crippen LogP) is 3.98. The van der Waals surface area contributed by atoms with Gasteiger partial charge in [-0.15, -0.1) is 11.3 Å². The molecule has 1 aromatic carbocycles. The van der Waals surface area contributed by atoms with Crippen molar-refractivity contribution in [2.75, 3.05) is 19.0 Å². The largest absolute Gasteiger partial charge is 0.495 e. The van der Waals surface area contributed by atoms with Crippen LogP contribution in [0.4, 0.5) is 5.69 Å². The zero-order valence-electron chi connectivity index (χ0n) is 14.5. The summed E-state index contributed by atoms with van der Waals surface area (Å²) in [5.41, 5.74) is 0.312. The van der Waals surface area contributed by atoms with Crippen LogP contribution in [0.5, 0.6) is 5.75 Å². The Bertz CT molecular complexity index is 786. The Labute approximate surface area is 161 Å². The standard InChI is InChI=1S/C19H21ClN2O3S/c1-25-15-7-6-13(20)11-14(15)22-18(24)17(23)21-12-19(8-2-3-9-19)16-5-4-10-26-16/h4-7,10-11H,2-3,8-9,12H2,1H3,(H,21,23)(H,22,24). The molecule has 0 spiro atoms. The molecule has 0 aliphatic heterocycles. The van der Waals surface area contributed by atoms with E-state index in [1.54, 1.807) is 29.5 Å². The molecule has 0 radical (unpaired) electrons. The number of rotatable bonds is 5. The van der Waals surface area contributed by atoms with Crippen molar-refractivity contribution in [3.8, 4) is 5.75 Å². The van der Waals surface area contributed by atoms with Crippen LogP contribution in [-0.4, -0.2) is 25.5 Å². The third-order valence-electron chi connectivity index (χ3n) is 4.81. The third kappa shape index (κ3) is 4.02. The number of thiophene rings is 1. The number of nitrogens with one attached hydrogen (secondary N) is 2. The molecule has 2 amide bonds. The summed E-state index contributed by atoms with van der Waals surface area (Å²) in [6.07, 6.45) is 4.33. The van der Waals surface area contributed by atoms with Gasteiger partial charge in [-0.05, 0) is 42.5 Å². The fourth-order valence-electron chi connectivity index (χ4n) is 3.43. The number of amides is 2. The molecule has 1 fully saturated rings. The summed E-state index contributed by atoms with van der Waals surface area (Å²) in [5, 5.41) is 7.87. The van der Waals surface area contributed by atoms with Gasteiger partial charge >= 0.3 is 11.8 Å². The molecule has 138 valence electrons. The molecular formula is C19H21ClN2O3S. The fourth-order valence-corrected chi connectivity index (χ4v) is 4.59. The molecule has 3 rings (SSSR count). The van der Waals surface area contributed by atoms with Crippen LogP contribution in [0.2, 0.25) is 5.02 Å². The van der Waals surface area contributed by atoms with Crippen LogP contribution >= 0.6 is 22.9 Å². The molecule has 5 nitrogen and oxygen atoms in total. The number of hydrogen-bond acceptors (Lipinski definition) is 4. The van der Waals surface area contributed by atoms with Gasteiger partial charge in [0.2, 0.25) is 0 Å². The number of hydrogen-bond donors (Lipinski definition) is 2. The van der Waals surface area contributed by atoms with Crippen LogP contribution in [0.15, 0.2) is 35.7 Å². The first kappa shape index (κ1) is 18.7. The van der Waals surface area contributed by atoms with Crippen molar-refractivity contribution in [3.05, 3.63) is 45.6 Å². The number of benzene rings is 1.